The number of amides is 1. The summed E-state index contributed by atoms with van der Waals surface area (Å²) in [5.41, 5.74) is 6.90. The normalized spacial score (nSPS) is 9.85. The molecule has 0 aliphatic carbocycles. The molecular weight excluding hydrogens is 330 g/mol. The summed E-state index contributed by atoms with van der Waals surface area (Å²) in [7, 11) is 0. The van der Waals surface area contributed by atoms with Gasteiger partial charge in [-0.25, -0.2) is 9.48 Å². The van der Waals surface area contributed by atoms with E-state index in [9.17, 15) is 9.59 Å². The maximum Gasteiger partial charge on any atom is 0.359 e. The number of benzene rings is 2. The zero-order valence-corrected chi connectivity index (χ0v) is 13.8. The van der Waals surface area contributed by atoms with Gasteiger partial charge in [0.1, 0.15) is 5.69 Å². The van der Waals surface area contributed by atoms with Crippen molar-refractivity contribution in [1.29, 1.82) is 0 Å². The Hall–Kier alpha value is -3.85. The van der Waals surface area contributed by atoms with Gasteiger partial charge in [-0.05, 0) is 24.3 Å². The van der Waals surface area contributed by atoms with Gasteiger partial charge < -0.3 is 10.5 Å². The van der Waals surface area contributed by atoms with Crippen molar-refractivity contribution in [3.8, 4) is 17.5 Å². The van der Waals surface area contributed by atoms with E-state index in [0.717, 1.165) is 5.56 Å². The summed E-state index contributed by atoms with van der Waals surface area (Å²) in [4.78, 5) is 23.8. The molecule has 0 aliphatic heterocycles. The lowest BCUT2D eigenvalue weighted by molar-refractivity contribution is 0.0549. The van der Waals surface area contributed by atoms with Crippen molar-refractivity contribution >= 4 is 11.9 Å². The third-order valence-electron chi connectivity index (χ3n) is 3.45. The number of ether oxygens (including phenoxy) is 1. The summed E-state index contributed by atoms with van der Waals surface area (Å²) >= 11 is 0. The van der Waals surface area contributed by atoms with Crippen molar-refractivity contribution in [2.24, 2.45) is 5.73 Å². The molecule has 2 N–H and O–H groups in total. The quantitative estimate of drug-likeness (QED) is 0.580. The summed E-state index contributed by atoms with van der Waals surface area (Å²) in [5.74, 6) is 4.28. The predicted molar refractivity (Wildman–Crippen MR) is 95.7 cm³/mol. The largest absolute Gasteiger partial charge is 0.448 e. The van der Waals surface area contributed by atoms with Crippen LogP contribution in [-0.2, 0) is 4.74 Å². The molecule has 6 nitrogen and oxygen atoms in total. The Balaban J connectivity index is 1.74. The Kier molecular flexibility index (Phi) is 5.11. The third kappa shape index (κ3) is 3.97. The number of carbonyl (C=O) groups excluding carboxylic acids is 2. The van der Waals surface area contributed by atoms with Gasteiger partial charge in [0.2, 0.25) is 0 Å². The molecule has 0 aliphatic rings. The van der Waals surface area contributed by atoms with Crippen LogP contribution in [0.2, 0.25) is 0 Å². The summed E-state index contributed by atoms with van der Waals surface area (Å²) < 4.78 is 6.41. The molecule has 1 amide bonds. The second-order valence-electron chi connectivity index (χ2n) is 5.27. The molecule has 0 bridgehead atoms. The number of primary amides is 1. The fourth-order valence-electron chi connectivity index (χ4n) is 2.26. The Bertz CT molecular complexity index is 983. The van der Waals surface area contributed by atoms with E-state index in [1.165, 1.54) is 10.7 Å². The molecule has 0 atom stereocenters. The number of hydrogen-bond acceptors (Lipinski definition) is 4. The van der Waals surface area contributed by atoms with Gasteiger partial charge in [0.05, 0.1) is 5.69 Å². The fraction of sp³-hybridized carbons (Fsp3) is 0.0500. The molecule has 0 saturated carbocycles. The zero-order valence-electron chi connectivity index (χ0n) is 13.8. The molecule has 26 heavy (non-hydrogen) atoms. The van der Waals surface area contributed by atoms with E-state index in [1.54, 1.807) is 24.3 Å². The van der Waals surface area contributed by atoms with Gasteiger partial charge in [0.25, 0.3) is 5.91 Å². The van der Waals surface area contributed by atoms with Crippen LogP contribution in [-0.4, -0.2) is 28.3 Å². The van der Waals surface area contributed by atoms with Crippen LogP contribution in [0.3, 0.4) is 0 Å². The van der Waals surface area contributed by atoms with Crippen LogP contribution >= 0.6 is 0 Å². The topological polar surface area (TPSA) is 87.2 Å². The molecule has 3 aromatic rings. The number of nitrogens with two attached hydrogens (primary N) is 1. The van der Waals surface area contributed by atoms with Crippen molar-refractivity contribution < 1.29 is 14.3 Å². The first-order valence-electron chi connectivity index (χ1n) is 7.81. The average Bonchev–Trinajstić information content (AvgIpc) is 3.12. The van der Waals surface area contributed by atoms with Gasteiger partial charge in [-0.2, -0.15) is 5.10 Å². The molecule has 6 heteroatoms. The molecule has 0 unspecified atom stereocenters. The molecule has 0 saturated heterocycles. The van der Waals surface area contributed by atoms with Crippen LogP contribution in [0.25, 0.3) is 5.69 Å². The summed E-state index contributed by atoms with van der Waals surface area (Å²) in [6.45, 7) is -0.0855. The van der Waals surface area contributed by atoms with Crippen molar-refractivity contribution in [2.75, 3.05) is 6.61 Å². The highest BCUT2D eigenvalue weighted by atomic mass is 16.5. The first kappa shape index (κ1) is 17.0. The number of esters is 1. The van der Waals surface area contributed by atoms with E-state index in [2.05, 4.69) is 16.9 Å². The lowest BCUT2D eigenvalue weighted by Crippen LogP contribution is -2.16. The molecule has 1 heterocycles. The van der Waals surface area contributed by atoms with Crippen LogP contribution in [0.4, 0.5) is 0 Å². The van der Waals surface area contributed by atoms with E-state index in [4.69, 9.17) is 10.5 Å². The SMILES string of the molecule is NC(=O)c1cc(C(=O)OCC#Cc2ccccc2)nn1-c1ccccc1. The second-order valence-corrected chi connectivity index (χ2v) is 5.27. The molecule has 1 aromatic heterocycles. The van der Waals surface area contributed by atoms with E-state index in [0.29, 0.717) is 5.69 Å². The smallest absolute Gasteiger partial charge is 0.359 e. The molecule has 2 aromatic carbocycles. The average molecular weight is 345 g/mol. The molecule has 128 valence electrons. The summed E-state index contributed by atoms with van der Waals surface area (Å²) in [6, 6.07) is 19.6. The zero-order chi connectivity index (χ0) is 18.4. The van der Waals surface area contributed by atoms with Gasteiger partial charge in [0, 0.05) is 11.6 Å². The summed E-state index contributed by atoms with van der Waals surface area (Å²) in [6.07, 6.45) is 0. The van der Waals surface area contributed by atoms with Crippen molar-refractivity contribution in [3.05, 3.63) is 83.7 Å². The maximum atomic E-state index is 12.2. The highest BCUT2D eigenvalue weighted by molar-refractivity contribution is 5.95. The Labute approximate surface area is 150 Å². The lowest BCUT2D eigenvalue weighted by atomic mass is 10.2. The highest BCUT2D eigenvalue weighted by Crippen LogP contribution is 2.13. The first-order valence-corrected chi connectivity index (χ1v) is 7.81. The molecular formula is C20H15N3O3. The van der Waals surface area contributed by atoms with E-state index < -0.39 is 11.9 Å². The minimum absolute atomic E-state index is 0.0100. The monoisotopic (exact) mass is 345 g/mol. The fourth-order valence-corrected chi connectivity index (χ4v) is 2.26. The number of nitrogens with zero attached hydrogens (tertiary/aromatic N) is 2. The Morgan fingerprint density at radius 3 is 2.35 bits per heavy atom. The number of rotatable bonds is 4. The maximum absolute atomic E-state index is 12.2. The highest BCUT2D eigenvalue weighted by Gasteiger charge is 2.19. The van der Waals surface area contributed by atoms with Gasteiger partial charge >= 0.3 is 5.97 Å². The van der Waals surface area contributed by atoms with Gasteiger partial charge in [-0.15, -0.1) is 0 Å². The van der Waals surface area contributed by atoms with Gasteiger partial charge in [-0.1, -0.05) is 48.2 Å². The Morgan fingerprint density at radius 2 is 1.69 bits per heavy atom. The van der Waals surface area contributed by atoms with E-state index in [-0.39, 0.29) is 18.0 Å². The number of aromatic nitrogens is 2. The number of hydrogen-bond donors (Lipinski definition) is 1. The molecule has 0 spiro atoms. The second kappa shape index (κ2) is 7.81. The van der Waals surface area contributed by atoms with Gasteiger partial charge in [-0.3, -0.25) is 4.79 Å². The lowest BCUT2D eigenvalue weighted by Gasteiger charge is -2.03. The van der Waals surface area contributed by atoms with Crippen molar-refractivity contribution in [1.82, 2.24) is 9.78 Å². The van der Waals surface area contributed by atoms with Crippen molar-refractivity contribution in [2.45, 2.75) is 0 Å². The van der Waals surface area contributed by atoms with E-state index >= 15 is 0 Å². The van der Waals surface area contributed by atoms with Crippen LogP contribution in [0.15, 0.2) is 66.7 Å². The molecule has 0 radical (unpaired) electrons. The summed E-state index contributed by atoms with van der Waals surface area (Å²) in [5, 5.41) is 4.13. The van der Waals surface area contributed by atoms with E-state index in [1.807, 2.05) is 36.4 Å². The van der Waals surface area contributed by atoms with Crippen LogP contribution < -0.4 is 5.73 Å². The molecule has 3 rings (SSSR count). The number of carbonyl (C=O) groups is 2. The van der Waals surface area contributed by atoms with Crippen LogP contribution in [0, 0.1) is 11.8 Å². The van der Waals surface area contributed by atoms with Crippen LogP contribution in [0.5, 0.6) is 0 Å². The first-order chi connectivity index (χ1) is 12.6. The Morgan fingerprint density at radius 1 is 1.04 bits per heavy atom. The molecule has 0 fully saturated rings. The minimum Gasteiger partial charge on any atom is -0.448 e. The minimum atomic E-state index is -0.690. The third-order valence-corrected chi connectivity index (χ3v) is 3.45. The van der Waals surface area contributed by atoms with Gasteiger partial charge in [0.15, 0.2) is 12.3 Å². The number of para-hydroxylation sites is 1. The van der Waals surface area contributed by atoms with Crippen LogP contribution in [0.1, 0.15) is 26.5 Å². The van der Waals surface area contributed by atoms with Crippen molar-refractivity contribution in [3.63, 3.8) is 0 Å². The standard InChI is InChI=1S/C20H15N3O3/c21-19(24)18-14-17(22-23(18)16-11-5-2-6-12-16)20(25)26-13-7-10-15-8-3-1-4-9-15/h1-6,8-9,11-12,14H,13H2,(H2,21,24). The predicted octanol–water partition coefficient (Wildman–Crippen LogP) is 2.18.